The number of rotatable bonds is 8. The molecule has 0 fully saturated rings. The Kier molecular flexibility index (Phi) is 8.88. The fourth-order valence-corrected chi connectivity index (χ4v) is 3.41. The summed E-state index contributed by atoms with van der Waals surface area (Å²) in [6, 6.07) is 22.6. The topological polar surface area (TPSA) is 69.6 Å². The van der Waals surface area contributed by atoms with Crippen LogP contribution in [0.15, 0.2) is 72.8 Å². The maximum Gasteiger partial charge on any atom is 0.335 e. The lowest BCUT2D eigenvalue weighted by molar-refractivity contribution is 0.0697. The minimum atomic E-state index is -0.922. The van der Waals surface area contributed by atoms with Gasteiger partial charge in [-0.15, -0.1) is 12.4 Å². The van der Waals surface area contributed by atoms with Crippen molar-refractivity contribution in [3.05, 3.63) is 94.5 Å². The first-order valence-corrected chi connectivity index (χ1v) is 9.90. The fourth-order valence-electron chi connectivity index (χ4n) is 3.21. The highest BCUT2D eigenvalue weighted by Gasteiger charge is 2.11. The molecule has 0 radical (unpaired) electrons. The van der Waals surface area contributed by atoms with Gasteiger partial charge >= 0.3 is 5.97 Å². The molecule has 6 heteroatoms. The molecule has 4 nitrogen and oxygen atoms in total. The molecular weight excluding hydrogens is 421 g/mol. The third kappa shape index (κ3) is 6.57. The molecular formula is C24H25Cl2NO3. The molecule has 3 N–H and O–H groups in total. The highest BCUT2D eigenvalue weighted by Crippen LogP contribution is 2.21. The van der Waals surface area contributed by atoms with Crippen LogP contribution in [0.4, 0.5) is 0 Å². The van der Waals surface area contributed by atoms with Gasteiger partial charge in [0.15, 0.2) is 0 Å². The van der Waals surface area contributed by atoms with E-state index in [1.165, 1.54) is 5.56 Å². The molecule has 3 rings (SSSR count). The number of hydrogen-bond donors (Lipinski definition) is 3. The quantitative estimate of drug-likeness (QED) is 0.435. The molecule has 3 aromatic rings. The van der Waals surface area contributed by atoms with Crippen molar-refractivity contribution in [2.24, 2.45) is 0 Å². The van der Waals surface area contributed by atoms with Gasteiger partial charge in [0.2, 0.25) is 0 Å². The van der Waals surface area contributed by atoms with Crippen molar-refractivity contribution in [1.29, 1.82) is 0 Å². The van der Waals surface area contributed by atoms with Crippen molar-refractivity contribution >= 4 is 30.0 Å². The number of hydrogen-bond acceptors (Lipinski definition) is 3. The Morgan fingerprint density at radius 1 is 1.00 bits per heavy atom. The maximum absolute atomic E-state index is 11.0. The summed E-state index contributed by atoms with van der Waals surface area (Å²) in [7, 11) is 0. The Morgan fingerprint density at radius 2 is 1.60 bits per heavy atom. The van der Waals surface area contributed by atoms with Gasteiger partial charge in [0.25, 0.3) is 0 Å². The molecule has 2 atom stereocenters. The van der Waals surface area contributed by atoms with E-state index in [0.717, 1.165) is 23.1 Å². The molecule has 0 heterocycles. The summed E-state index contributed by atoms with van der Waals surface area (Å²) in [5, 5.41) is 23.3. The predicted molar refractivity (Wildman–Crippen MR) is 124 cm³/mol. The lowest BCUT2D eigenvalue weighted by atomic mass is 10.00. The summed E-state index contributed by atoms with van der Waals surface area (Å²) in [5.41, 5.74) is 4.30. The number of halogens is 2. The van der Waals surface area contributed by atoms with Gasteiger partial charge in [0.05, 0.1) is 11.7 Å². The van der Waals surface area contributed by atoms with Crippen LogP contribution in [-0.4, -0.2) is 28.8 Å². The van der Waals surface area contributed by atoms with Crippen molar-refractivity contribution in [2.45, 2.75) is 25.5 Å². The molecule has 0 aromatic heterocycles. The number of carboxylic acid groups (broad SMARTS) is 1. The lowest BCUT2D eigenvalue weighted by Crippen LogP contribution is -2.32. The SMILES string of the molecule is C[C@H](Cc1ccc(-c2ccc(C(=O)O)cc2)cc1)NC[C@H](O)c1cccc(Cl)c1.Cl. The van der Waals surface area contributed by atoms with Crippen molar-refractivity contribution in [1.82, 2.24) is 5.32 Å². The van der Waals surface area contributed by atoms with Crippen molar-refractivity contribution in [3.63, 3.8) is 0 Å². The molecule has 0 amide bonds. The normalized spacial score (nSPS) is 12.6. The molecule has 0 spiro atoms. The van der Waals surface area contributed by atoms with E-state index in [9.17, 15) is 9.90 Å². The number of carbonyl (C=O) groups is 1. The molecule has 158 valence electrons. The smallest absolute Gasteiger partial charge is 0.335 e. The van der Waals surface area contributed by atoms with E-state index >= 15 is 0 Å². The third-order valence-electron chi connectivity index (χ3n) is 4.85. The monoisotopic (exact) mass is 445 g/mol. The van der Waals surface area contributed by atoms with E-state index in [2.05, 4.69) is 24.4 Å². The van der Waals surface area contributed by atoms with Crippen LogP contribution in [0.3, 0.4) is 0 Å². The van der Waals surface area contributed by atoms with Crippen LogP contribution in [0.5, 0.6) is 0 Å². The van der Waals surface area contributed by atoms with E-state index in [1.54, 1.807) is 24.3 Å². The van der Waals surface area contributed by atoms with Gasteiger partial charge in [-0.3, -0.25) is 0 Å². The maximum atomic E-state index is 11.0. The Hall–Kier alpha value is -2.37. The summed E-state index contributed by atoms with van der Waals surface area (Å²) in [6.45, 7) is 2.54. The number of carboxylic acids is 1. The van der Waals surface area contributed by atoms with Crippen molar-refractivity contribution in [3.8, 4) is 11.1 Å². The second-order valence-corrected chi connectivity index (χ2v) is 7.60. The van der Waals surface area contributed by atoms with Gasteiger partial charge in [0, 0.05) is 17.6 Å². The van der Waals surface area contributed by atoms with Crippen molar-refractivity contribution in [2.75, 3.05) is 6.54 Å². The Morgan fingerprint density at radius 3 is 2.17 bits per heavy atom. The zero-order valence-electron chi connectivity index (χ0n) is 16.6. The second-order valence-electron chi connectivity index (χ2n) is 7.16. The summed E-state index contributed by atoms with van der Waals surface area (Å²) in [6.07, 6.45) is 0.229. The average molecular weight is 446 g/mol. The van der Waals surface area contributed by atoms with Crippen LogP contribution >= 0.6 is 24.0 Å². The van der Waals surface area contributed by atoms with E-state index in [4.69, 9.17) is 16.7 Å². The van der Waals surface area contributed by atoms with Gasteiger partial charge < -0.3 is 15.5 Å². The van der Waals surface area contributed by atoms with Crippen LogP contribution < -0.4 is 5.32 Å². The van der Waals surface area contributed by atoms with Crippen LogP contribution in [0.2, 0.25) is 5.02 Å². The number of benzene rings is 3. The van der Waals surface area contributed by atoms with E-state index < -0.39 is 12.1 Å². The Labute approximate surface area is 187 Å². The first kappa shape index (κ1) is 23.9. The largest absolute Gasteiger partial charge is 0.478 e. The molecule has 0 saturated heterocycles. The molecule has 0 saturated carbocycles. The summed E-state index contributed by atoms with van der Waals surface area (Å²) < 4.78 is 0. The van der Waals surface area contributed by atoms with Crippen LogP contribution in [0, 0.1) is 0 Å². The Balaban J connectivity index is 0.00000320. The van der Waals surface area contributed by atoms with Crippen LogP contribution in [0.1, 0.15) is 34.5 Å². The van der Waals surface area contributed by atoms with Crippen LogP contribution in [0.25, 0.3) is 11.1 Å². The highest BCUT2D eigenvalue weighted by molar-refractivity contribution is 6.30. The number of aliphatic hydroxyl groups excluding tert-OH is 1. The first-order valence-electron chi connectivity index (χ1n) is 9.52. The fraction of sp³-hybridized carbons (Fsp3) is 0.208. The minimum absolute atomic E-state index is 0. The lowest BCUT2D eigenvalue weighted by Gasteiger charge is -2.18. The van der Waals surface area contributed by atoms with Gasteiger partial charge in [-0.05, 0) is 59.9 Å². The second kappa shape index (κ2) is 11.1. The molecule has 0 bridgehead atoms. The number of nitrogens with one attached hydrogen (secondary N) is 1. The number of aromatic carboxylic acids is 1. The molecule has 30 heavy (non-hydrogen) atoms. The predicted octanol–water partition coefficient (Wildman–Crippen LogP) is 5.38. The Bertz CT molecular complexity index is 959. The van der Waals surface area contributed by atoms with Crippen molar-refractivity contribution < 1.29 is 15.0 Å². The average Bonchev–Trinajstić information content (AvgIpc) is 2.72. The molecule has 3 aromatic carbocycles. The van der Waals surface area contributed by atoms with Gasteiger partial charge in [-0.1, -0.05) is 60.1 Å². The molecule has 0 unspecified atom stereocenters. The van der Waals surface area contributed by atoms with E-state index in [1.807, 2.05) is 36.4 Å². The van der Waals surface area contributed by atoms with Crippen LogP contribution in [-0.2, 0) is 6.42 Å². The van der Waals surface area contributed by atoms with E-state index in [0.29, 0.717) is 11.6 Å². The standard InChI is InChI=1S/C24H24ClNO3.ClH/c1-16(26-15-23(27)21-3-2-4-22(25)14-21)13-17-5-7-18(8-6-17)19-9-11-20(12-10-19)24(28)29;/h2-12,14,16,23,26-27H,13,15H2,1H3,(H,28,29);1H/t16-,23+;/m1./s1. The summed E-state index contributed by atoms with van der Waals surface area (Å²) >= 11 is 5.98. The minimum Gasteiger partial charge on any atom is -0.478 e. The third-order valence-corrected chi connectivity index (χ3v) is 5.09. The highest BCUT2D eigenvalue weighted by atomic mass is 35.5. The molecule has 0 aliphatic carbocycles. The molecule has 0 aliphatic heterocycles. The zero-order chi connectivity index (χ0) is 20.8. The molecule has 0 aliphatic rings. The van der Waals surface area contributed by atoms with Gasteiger partial charge in [-0.2, -0.15) is 0 Å². The number of aliphatic hydroxyl groups is 1. The van der Waals surface area contributed by atoms with Gasteiger partial charge in [0.1, 0.15) is 0 Å². The van der Waals surface area contributed by atoms with Gasteiger partial charge in [-0.25, -0.2) is 4.79 Å². The summed E-state index contributed by atoms with van der Waals surface area (Å²) in [4.78, 5) is 11.0. The van der Waals surface area contributed by atoms with E-state index in [-0.39, 0.29) is 24.0 Å². The summed E-state index contributed by atoms with van der Waals surface area (Å²) in [5.74, 6) is -0.922. The zero-order valence-corrected chi connectivity index (χ0v) is 18.2. The first-order chi connectivity index (χ1) is 13.9.